The van der Waals surface area contributed by atoms with Crippen LogP contribution in [-0.2, 0) is 14.8 Å². The van der Waals surface area contributed by atoms with Gasteiger partial charge >= 0.3 is 11.7 Å². The number of nitrogens with one attached hydrogen (secondary N) is 1. The van der Waals surface area contributed by atoms with E-state index in [0.29, 0.717) is 6.42 Å². The lowest BCUT2D eigenvalue weighted by molar-refractivity contribution is -0.148. The lowest BCUT2D eigenvalue weighted by Crippen LogP contribution is -2.48. The highest BCUT2D eigenvalue weighted by molar-refractivity contribution is 7.89. The second-order valence-corrected chi connectivity index (χ2v) is 5.77. The maximum Gasteiger partial charge on any atom is 0.350 e. The first kappa shape index (κ1) is 13.3. The molecule has 0 heterocycles. The lowest BCUT2D eigenvalue weighted by atomic mass is 9.85. The number of carboxylic acid groups (broad SMARTS) is 1. The number of aliphatic carboxylic acids is 1. The summed E-state index contributed by atoms with van der Waals surface area (Å²) in [5.41, 5.74) is -1.30. The van der Waals surface area contributed by atoms with E-state index in [1.165, 1.54) is 6.92 Å². The Balaban J connectivity index is 2.87. The number of sulfonamides is 1. The van der Waals surface area contributed by atoms with Crippen molar-refractivity contribution in [2.24, 2.45) is 5.41 Å². The zero-order chi connectivity index (χ0) is 12.6. The third-order valence-corrected chi connectivity index (χ3v) is 4.07. The van der Waals surface area contributed by atoms with Gasteiger partial charge in [0.05, 0.1) is 5.41 Å². The van der Waals surface area contributed by atoms with Crippen molar-refractivity contribution in [3.05, 3.63) is 0 Å². The molecule has 0 aromatic heterocycles. The summed E-state index contributed by atoms with van der Waals surface area (Å²) in [4.78, 5) is 11.0. The quantitative estimate of drug-likeness (QED) is 0.779. The van der Waals surface area contributed by atoms with E-state index in [2.05, 4.69) is 0 Å². The lowest BCUT2D eigenvalue weighted by Gasteiger charge is -2.27. The van der Waals surface area contributed by atoms with Crippen LogP contribution in [0.5, 0.6) is 0 Å². The van der Waals surface area contributed by atoms with Crippen LogP contribution < -0.4 is 4.72 Å². The Kier molecular flexibility index (Phi) is 3.53. The molecular weight excluding hydrogens is 244 g/mol. The zero-order valence-electron chi connectivity index (χ0n) is 8.61. The Hall–Kier alpha value is -0.760. The Morgan fingerprint density at radius 3 is 2.56 bits per heavy atom. The molecule has 0 amide bonds. The highest BCUT2D eigenvalue weighted by Gasteiger charge is 2.47. The second kappa shape index (κ2) is 4.25. The van der Waals surface area contributed by atoms with Crippen LogP contribution in [0.2, 0.25) is 0 Å². The van der Waals surface area contributed by atoms with E-state index < -0.39 is 33.2 Å². The molecule has 0 aliphatic heterocycles. The van der Waals surface area contributed by atoms with Gasteiger partial charge in [-0.3, -0.25) is 4.79 Å². The van der Waals surface area contributed by atoms with Gasteiger partial charge in [-0.25, -0.2) is 13.1 Å². The van der Waals surface area contributed by atoms with Gasteiger partial charge in [-0.05, 0) is 19.8 Å². The van der Waals surface area contributed by atoms with Crippen LogP contribution in [0.1, 0.15) is 26.2 Å². The summed E-state index contributed by atoms with van der Waals surface area (Å²) in [6, 6.07) is -0.969. The summed E-state index contributed by atoms with van der Waals surface area (Å²) in [6.07, 6.45) is 1.03. The van der Waals surface area contributed by atoms with Crippen molar-refractivity contribution in [1.29, 1.82) is 0 Å². The van der Waals surface area contributed by atoms with Gasteiger partial charge < -0.3 is 5.11 Å². The van der Waals surface area contributed by atoms with E-state index in [9.17, 15) is 22.0 Å². The molecular formula is C8H13F2NO4S. The predicted octanol–water partition coefficient (Wildman–Crippen LogP) is 0.772. The number of rotatable bonds is 4. The number of hydrogen-bond acceptors (Lipinski definition) is 3. The van der Waals surface area contributed by atoms with Crippen LogP contribution in [-0.4, -0.2) is 31.3 Å². The molecule has 2 unspecified atom stereocenters. The molecule has 2 atom stereocenters. The molecule has 2 N–H and O–H groups in total. The minimum absolute atomic E-state index is 0.259. The molecule has 0 aromatic carbocycles. The van der Waals surface area contributed by atoms with Gasteiger partial charge in [0.2, 0.25) is 0 Å². The van der Waals surface area contributed by atoms with Crippen molar-refractivity contribution in [3.63, 3.8) is 0 Å². The Morgan fingerprint density at radius 2 is 2.12 bits per heavy atom. The summed E-state index contributed by atoms with van der Waals surface area (Å²) >= 11 is 0. The van der Waals surface area contributed by atoms with Gasteiger partial charge in [0, 0.05) is 6.04 Å². The molecule has 0 bridgehead atoms. The van der Waals surface area contributed by atoms with Crippen molar-refractivity contribution in [1.82, 2.24) is 4.72 Å². The van der Waals surface area contributed by atoms with Crippen molar-refractivity contribution < 1.29 is 27.1 Å². The Labute approximate surface area is 91.9 Å². The first-order valence-electron chi connectivity index (χ1n) is 4.73. The number of carbonyl (C=O) groups is 1. The SMILES string of the molecule is CC1(C(=O)O)CCCC1NS(=O)(=O)C(F)F. The van der Waals surface area contributed by atoms with Crippen LogP contribution in [0, 0.1) is 5.41 Å². The van der Waals surface area contributed by atoms with Crippen molar-refractivity contribution in [3.8, 4) is 0 Å². The maximum atomic E-state index is 12.1. The molecule has 0 aromatic rings. The molecule has 1 aliphatic carbocycles. The van der Waals surface area contributed by atoms with E-state index in [-0.39, 0.29) is 12.8 Å². The topological polar surface area (TPSA) is 83.5 Å². The highest BCUT2D eigenvalue weighted by atomic mass is 32.2. The van der Waals surface area contributed by atoms with Gasteiger partial charge in [0.1, 0.15) is 0 Å². The maximum absolute atomic E-state index is 12.1. The first-order chi connectivity index (χ1) is 7.20. The van der Waals surface area contributed by atoms with E-state index >= 15 is 0 Å². The summed E-state index contributed by atoms with van der Waals surface area (Å²) in [6.45, 7) is 1.36. The molecule has 16 heavy (non-hydrogen) atoms. The smallest absolute Gasteiger partial charge is 0.350 e. The molecule has 1 aliphatic rings. The van der Waals surface area contributed by atoms with Crippen LogP contribution in [0.25, 0.3) is 0 Å². The molecule has 5 nitrogen and oxygen atoms in total. The summed E-state index contributed by atoms with van der Waals surface area (Å²) in [7, 11) is -4.73. The average Bonchev–Trinajstić information content (AvgIpc) is 2.48. The van der Waals surface area contributed by atoms with E-state index in [1.54, 1.807) is 4.72 Å². The number of hydrogen-bond donors (Lipinski definition) is 2. The van der Waals surface area contributed by atoms with Crippen molar-refractivity contribution in [2.75, 3.05) is 0 Å². The fraction of sp³-hybridized carbons (Fsp3) is 0.875. The fourth-order valence-electron chi connectivity index (χ4n) is 1.86. The Morgan fingerprint density at radius 1 is 1.56 bits per heavy atom. The average molecular weight is 257 g/mol. The van der Waals surface area contributed by atoms with Gasteiger partial charge in [-0.1, -0.05) is 6.42 Å². The second-order valence-electron chi connectivity index (χ2n) is 4.09. The molecule has 1 saturated carbocycles. The monoisotopic (exact) mass is 257 g/mol. The fourth-order valence-corrected chi connectivity index (χ4v) is 2.74. The van der Waals surface area contributed by atoms with Gasteiger partial charge in [-0.15, -0.1) is 0 Å². The zero-order valence-corrected chi connectivity index (χ0v) is 9.43. The van der Waals surface area contributed by atoms with E-state index in [4.69, 9.17) is 5.11 Å². The molecule has 0 radical (unpaired) electrons. The van der Waals surface area contributed by atoms with Crippen LogP contribution in [0.3, 0.4) is 0 Å². The predicted molar refractivity (Wildman–Crippen MR) is 51.4 cm³/mol. The number of halogens is 2. The Bertz CT molecular complexity index is 383. The molecule has 0 saturated heterocycles. The van der Waals surface area contributed by atoms with E-state index in [1.807, 2.05) is 0 Å². The van der Waals surface area contributed by atoms with Crippen LogP contribution in [0.4, 0.5) is 8.78 Å². The van der Waals surface area contributed by atoms with Crippen molar-refractivity contribution in [2.45, 2.75) is 38.0 Å². The third kappa shape index (κ3) is 2.32. The van der Waals surface area contributed by atoms with Crippen LogP contribution in [0.15, 0.2) is 0 Å². The van der Waals surface area contributed by atoms with Gasteiger partial charge in [0.25, 0.3) is 10.0 Å². The third-order valence-electron chi connectivity index (χ3n) is 2.99. The standard InChI is InChI=1S/C8H13F2NO4S/c1-8(6(12)13)4-2-3-5(8)11-16(14,15)7(9)10/h5,7,11H,2-4H2,1H3,(H,12,13). The molecule has 94 valence electrons. The normalized spacial score (nSPS) is 30.9. The number of carboxylic acids is 1. The highest BCUT2D eigenvalue weighted by Crippen LogP contribution is 2.38. The number of alkyl halides is 2. The minimum Gasteiger partial charge on any atom is -0.481 e. The largest absolute Gasteiger partial charge is 0.481 e. The molecule has 1 rings (SSSR count). The summed E-state index contributed by atoms with van der Waals surface area (Å²) in [5, 5.41) is 8.96. The van der Waals surface area contributed by atoms with E-state index in [0.717, 1.165) is 0 Å². The summed E-state index contributed by atoms with van der Waals surface area (Å²) < 4.78 is 47.9. The van der Waals surface area contributed by atoms with Gasteiger partial charge in [-0.2, -0.15) is 8.78 Å². The van der Waals surface area contributed by atoms with Crippen molar-refractivity contribution >= 4 is 16.0 Å². The molecule has 1 fully saturated rings. The first-order valence-corrected chi connectivity index (χ1v) is 6.27. The minimum atomic E-state index is -4.73. The molecule has 0 spiro atoms. The summed E-state index contributed by atoms with van der Waals surface area (Å²) in [5.74, 6) is -4.71. The molecule has 8 heteroatoms. The van der Waals surface area contributed by atoms with Gasteiger partial charge in [0.15, 0.2) is 0 Å². The van der Waals surface area contributed by atoms with Crippen LogP contribution >= 0.6 is 0 Å².